The number of hydrogen-bond acceptors (Lipinski definition) is 1. The SMILES string of the molecule is CC(C)Cn1cc(C(=O)c2ccc(F)cc2)c2ccccc21. The summed E-state index contributed by atoms with van der Waals surface area (Å²) in [6.45, 7) is 5.16. The number of carbonyl (C=O) groups is 1. The van der Waals surface area contributed by atoms with Crippen molar-refractivity contribution < 1.29 is 9.18 Å². The average Bonchev–Trinajstić information content (AvgIpc) is 2.86. The van der Waals surface area contributed by atoms with E-state index in [1.807, 2.05) is 30.5 Å². The number of benzene rings is 2. The van der Waals surface area contributed by atoms with E-state index in [2.05, 4.69) is 18.4 Å². The lowest BCUT2D eigenvalue weighted by Gasteiger charge is -2.07. The van der Waals surface area contributed by atoms with Crippen molar-refractivity contribution in [3.63, 3.8) is 0 Å². The smallest absolute Gasteiger partial charge is 0.195 e. The molecule has 2 aromatic carbocycles. The second-order valence-corrected chi connectivity index (χ2v) is 5.94. The normalized spacial score (nSPS) is 11.3. The number of halogens is 1. The van der Waals surface area contributed by atoms with Crippen molar-refractivity contribution in [1.82, 2.24) is 4.57 Å². The first kappa shape index (κ1) is 14.5. The van der Waals surface area contributed by atoms with E-state index in [0.29, 0.717) is 17.0 Å². The first-order valence-electron chi connectivity index (χ1n) is 7.44. The molecule has 0 bridgehead atoms. The molecule has 2 nitrogen and oxygen atoms in total. The van der Waals surface area contributed by atoms with Crippen molar-refractivity contribution in [3.05, 3.63) is 71.7 Å². The molecule has 112 valence electrons. The molecule has 0 aliphatic heterocycles. The minimum absolute atomic E-state index is 0.0706. The first-order valence-corrected chi connectivity index (χ1v) is 7.44. The Morgan fingerprint density at radius 3 is 2.45 bits per heavy atom. The van der Waals surface area contributed by atoms with Gasteiger partial charge in [0.25, 0.3) is 0 Å². The summed E-state index contributed by atoms with van der Waals surface area (Å²) >= 11 is 0. The van der Waals surface area contributed by atoms with Crippen molar-refractivity contribution in [2.45, 2.75) is 20.4 Å². The molecule has 0 spiro atoms. The third-order valence-corrected chi connectivity index (χ3v) is 3.70. The Bertz CT molecular complexity index is 815. The Balaban J connectivity index is 2.10. The van der Waals surface area contributed by atoms with Gasteiger partial charge in [-0.25, -0.2) is 4.39 Å². The number of fused-ring (bicyclic) bond motifs is 1. The van der Waals surface area contributed by atoms with E-state index in [1.165, 1.54) is 24.3 Å². The van der Waals surface area contributed by atoms with Crippen LogP contribution in [-0.4, -0.2) is 10.4 Å². The molecular formula is C19H18FNO. The molecule has 1 heterocycles. The maximum Gasteiger partial charge on any atom is 0.195 e. The Morgan fingerprint density at radius 1 is 1.09 bits per heavy atom. The van der Waals surface area contributed by atoms with Crippen LogP contribution in [0.5, 0.6) is 0 Å². The third-order valence-electron chi connectivity index (χ3n) is 3.70. The number of carbonyl (C=O) groups excluding carboxylic acids is 1. The van der Waals surface area contributed by atoms with Crippen LogP contribution < -0.4 is 0 Å². The minimum Gasteiger partial charge on any atom is -0.346 e. The highest BCUT2D eigenvalue weighted by Gasteiger charge is 2.16. The van der Waals surface area contributed by atoms with Crippen LogP contribution in [0, 0.1) is 11.7 Å². The van der Waals surface area contributed by atoms with Gasteiger partial charge >= 0.3 is 0 Å². The standard InChI is InChI=1S/C19H18FNO/c1-13(2)11-21-12-17(16-5-3-4-6-18(16)21)19(22)14-7-9-15(20)10-8-14/h3-10,12-13H,11H2,1-2H3. The highest BCUT2D eigenvalue weighted by Crippen LogP contribution is 2.24. The molecule has 22 heavy (non-hydrogen) atoms. The number of ketones is 1. The summed E-state index contributed by atoms with van der Waals surface area (Å²) in [5.74, 6) is 0.0853. The predicted octanol–water partition coefficient (Wildman–Crippen LogP) is 4.67. The highest BCUT2D eigenvalue weighted by atomic mass is 19.1. The number of hydrogen-bond donors (Lipinski definition) is 0. The fourth-order valence-corrected chi connectivity index (χ4v) is 2.73. The molecule has 3 heteroatoms. The molecule has 0 fully saturated rings. The molecule has 0 saturated heterocycles. The Kier molecular flexibility index (Phi) is 3.80. The first-order chi connectivity index (χ1) is 10.6. The van der Waals surface area contributed by atoms with Crippen LogP contribution in [-0.2, 0) is 6.54 Å². The van der Waals surface area contributed by atoms with Crippen LogP contribution in [0.1, 0.15) is 29.8 Å². The molecule has 0 N–H and O–H groups in total. The number of para-hydroxylation sites is 1. The summed E-state index contributed by atoms with van der Waals surface area (Å²) < 4.78 is 15.2. The van der Waals surface area contributed by atoms with E-state index >= 15 is 0 Å². The van der Waals surface area contributed by atoms with E-state index in [9.17, 15) is 9.18 Å². The zero-order valence-corrected chi connectivity index (χ0v) is 12.7. The van der Waals surface area contributed by atoms with Crippen molar-refractivity contribution in [3.8, 4) is 0 Å². The Morgan fingerprint density at radius 2 is 1.77 bits per heavy atom. The molecular weight excluding hydrogens is 277 g/mol. The lowest BCUT2D eigenvalue weighted by atomic mass is 10.0. The van der Waals surface area contributed by atoms with Gasteiger partial charge in [-0.05, 0) is 36.2 Å². The minimum atomic E-state index is -0.334. The van der Waals surface area contributed by atoms with Gasteiger partial charge in [-0.15, -0.1) is 0 Å². The Labute approximate surface area is 129 Å². The molecule has 0 amide bonds. The van der Waals surface area contributed by atoms with Crippen molar-refractivity contribution >= 4 is 16.7 Å². The van der Waals surface area contributed by atoms with Gasteiger partial charge < -0.3 is 4.57 Å². The zero-order valence-electron chi connectivity index (χ0n) is 12.7. The van der Waals surface area contributed by atoms with Crippen molar-refractivity contribution in [2.75, 3.05) is 0 Å². The van der Waals surface area contributed by atoms with Crippen LogP contribution >= 0.6 is 0 Å². The van der Waals surface area contributed by atoms with E-state index in [0.717, 1.165) is 17.4 Å². The predicted molar refractivity (Wildman–Crippen MR) is 86.6 cm³/mol. The number of rotatable bonds is 4. The van der Waals surface area contributed by atoms with Gasteiger partial charge in [-0.3, -0.25) is 4.79 Å². The summed E-state index contributed by atoms with van der Waals surface area (Å²) in [5, 5.41) is 0.942. The average molecular weight is 295 g/mol. The third kappa shape index (κ3) is 2.67. The zero-order chi connectivity index (χ0) is 15.7. The summed E-state index contributed by atoms with van der Waals surface area (Å²) in [6.07, 6.45) is 1.91. The van der Waals surface area contributed by atoms with Crippen LogP contribution in [0.2, 0.25) is 0 Å². The van der Waals surface area contributed by atoms with Gasteiger partial charge in [0.2, 0.25) is 0 Å². The molecule has 0 unspecified atom stereocenters. The van der Waals surface area contributed by atoms with Gasteiger partial charge in [0, 0.05) is 34.8 Å². The highest BCUT2D eigenvalue weighted by molar-refractivity contribution is 6.16. The van der Waals surface area contributed by atoms with Gasteiger partial charge in [-0.2, -0.15) is 0 Å². The molecule has 0 saturated carbocycles. The molecule has 0 radical (unpaired) electrons. The Hall–Kier alpha value is -2.42. The molecule has 0 aliphatic rings. The van der Waals surface area contributed by atoms with Gasteiger partial charge in [-0.1, -0.05) is 32.0 Å². The quantitative estimate of drug-likeness (QED) is 0.641. The fraction of sp³-hybridized carbons (Fsp3) is 0.211. The molecule has 3 rings (SSSR count). The summed E-state index contributed by atoms with van der Waals surface area (Å²) in [4.78, 5) is 12.7. The van der Waals surface area contributed by atoms with Crippen LogP contribution in [0.3, 0.4) is 0 Å². The summed E-state index contributed by atoms with van der Waals surface area (Å²) in [7, 11) is 0. The van der Waals surface area contributed by atoms with Gasteiger partial charge in [0.1, 0.15) is 5.82 Å². The lowest BCUT2D eigenvalue weighted by molar-refractivity contribution is 0.104. The van der Waals surface area contributed by atoms with E-state index in [4.69, 9.17) is 0 Å². The molecule has 3 aromatic rings. The van der Waals surface area contributed by atoms with Gasteiger partial charge in [0.15, 0.2) is 5.78 Å². The van der Waals surface area contributed by atoms with E-state index < -0.39 is 0 Å². The topological polar surface area (TPSA) is 22.0 Å². The number of aromatic nitrogens is 1. The van der Waals surface area contributed by atoms with Crippen molar-refractivity contribution in [2.24, 2.45) is 5.92 Å². The maximum absolute atomic E-state index is 13.0. The maximum atomic E-state index is 13.0. The monoisotopic (exact) mass is 295 g/mol. The van der Waals surface area contributed by atoms with E-state index in [1.54, 1.807) is 0 Å². The lowest BCUT2D eigenvalue weighted by Crippen LogP contribution is -2.03. The van der Waals surface area contributed by atoms with Crippen LogP contribution in [0.15, 0.2) is 54.7 Å². The molecule has 0 atom stereocenters. The van der Waals surface area contributed by atoms with E-state index in [-0.39, 0.29) is 11.6 Å². The van der Waals surface area contributed by atoms with Crippen LogP contribution in [0.4, 0.5) is 4.39 Å². The van der Waals surface area contributed by atoms with Crippen molar-refractivity contribution in [1.29, 1.82) is 0 Å². The second kappa shape index (κ2) is 5.76. The second-order valence-electron chi connectivity index (χ2n) is 5.94. The largest absolute Gasteiger partial charge is 0.346 e. The van der Waals surface area contributed by atoms with Crippen LogP contribution in [0.25, 0.3) is 10.9 Å². The van der Waals surface area contributed by atoms with Gasteiger partial charge in [0.05, 0.1) is 0 Å². The molecule has 0 aliphatic carbocycles. The summed E-state index contributed by atoms with van der Waals surface area (Å²) in [6, 6.07) is 13.6. The summed E-state index contributed by atoms with van der Waals surface area (Å²) in [5.41, 5.74) is 2.23. The number of nitrogens with zero attached hydrogens (tertiary/aromatic N) is 1. The molecule has 1 aromatic heterocycles. The fourth-order valence-electron chi connectivity index (χ4n) is 2.73.